The zero-order valence-electron chi connectivity index (χ0n) is 13.4. The van der Waals surface area contributed by atoms with Crippen LogP contribution in [0.25, 0.3) is 11.1 Å². The smallest absolute Gasteiger partial charge is 0.119 e. The second kappa shape index (κ2) is 9.26. The van der Waals surface area contributed by atoms with E-state index in [4.69, 9.17) is 4.74 Å². The fraction of sp³-hybridized carbons (Fsp3) is 0.400. The van der Waals surface area contributed by atoms with Gasteiger partial charge in [0.05, 0.1) is 12.7 Å². The first-order chi connectivity index (χ1) is 10.8. The number of hydrogen-bond donors (Lipinski definition) is 1. The molecule has 1 N–H and O–H groups in total. The van der Waals surface area contributed by atoms with Crippen molar-refractivity contribution in [3.8, 4) is 16.9 Å². The van der Waals surface area contributed by atoms with Crippen molar-refractivity contribution in [1.82, 2.24) is 0 Å². The molecule has 0 aliphatic heterocycles. The molecule has 0 aliphatic carbocycles. The average Bonchev–Trinajstić information content (AvgIpc) is 2.58. The summed E-state index contributed by atoms with van der Waals surface area (Å²) in [6, 6.07) is 18.5. The number of unbranched alkanes of at least 4 members (excludes halogenated alkanes) is 1. The highest BCUT2D eigenvalue weighted by Gasteiger charge is 2.03. The van der Waals surface area contributed by atoms with E-state index in [0.29, 0.717) is 6.61 Å². The molecule has 0 fully saturated rings. The summed E-state index contributed by atoms with van der Waals surface area (Å²) in [5.41, 5.74) is 2.41. The van der Waals surface area contributed by atoms with Gasteiger partial charge in [-0.25, -0.2) is 0 Å². The van der Waals surface area contributed by atoms with Gasteiger partial charge < -0.3 is 9.84 Å². The quantitative estimate of drug-likeness (QED) is 0.655. The number of aliphatic hydroxyl groups is 1. The highest BCUT2D eigenvalue weighted by atomic mass is 16.5. The molecular weight excluding hydrogens is 272 g/mol. The topological polar surface area (TPSA) is 29.5 Å². The molecule has 0 aliphatic rings. The van der Waals surface area contributed by atoms with E-state index in [1.54, 1.807) is 0 Å². The number of aliphatic hydroxyl groups excluding tert-OH is 1. The Balaban J connectivity index is 1.73. The minimum absolute atomic E-state index is 0.177. The molecule has 0 spiro atoms. The summed E-state index contributed by atoms with van der Waals surface area (Å²) < 4.78 is 5.74. The third kappa shape index (κ3) is 5.53. The molecule has 2 aromatic carbocycles. The molecule has 0 saturated heterocycles. The fourth-order valence-corrected chi connectivity index (χ4v) is 2.47. The van der Waals surface area contributed by atoms with Crippen molar-refractivity contribution in [2.45, 2.75) is 45.1 Å². The van der Waals surface area contributed by atoms with E-state index in [1.165, 1.54) is 11.1 Å². The van der Waals surface area contributed by atoms with Crippen LogP contribution in [0.15, 0.2) is 54.6 Å². The van der Waals surface area contributed by atoms with Crippen LogP contribution in [0.3, 0.4) is 0 Å². The van der Waals surface area contributed by atoms with Crippen LogP contribution >= 0.6 is 0 Å². The lowest BCUT2D eigenvalue weighted by Gasteiger charge is -2.11. The SMILES string of the molecule is CCCCC(O)CCCOc1ccc(-c2ccccc2)cc1. The Morgan fingerprint density at radius 3 is 2.18 bits per heavy atom. The lowest BCUT2D eigenvalue weighted by atomic mass is 10.1. The first-order valence-electron chi connectivity index (χ1n) is 8.26. The van der Waals surface area contributed by atoms with Crippen LogP contribution < -0.4 is 4.74 Å². The molecule has 2 rings (SSSR count). The van der Waals surface area contributed by atoms with Crippen LogP contribution in [0.2, 0.25) is 0 Å². The molecule has 0 saturated carbocycles. The van der Waals surface area contributed by atoms with Gasteiger partial charge in [0, 0.05) is 0 Å². The maximum atomic E-state index is 9.78. The van der Waals surface area contributed by atoms with Gasteiger partial charge in [-0.3, -0.25) is 0 Å². The van der Waals surface area contributed by atoms with Crippen LogP contribution in [0.5, 0.6) is 5.75 Å². The van der Waals surface area contributed by atoms with Gasteiger partial charge in [0.25, 0.3) is 0 Å². The van der Waals surface area contributed by atoms with E-state index in [1.807, 2.05) is 30.3 Å². The van der Waals surface area contributed by atoms with Gasteiger partial charge in [-0.15, -0.1) is 0 Å². The van der Waals surface area contributed by atoms with Crippen LogP contribution in [-0.2, 0) is 0 Å². The fourth-order valence-electron chi connectivity index (χ4n) is 2.47. The molecule has 1 unspecified atom stereocenters. The van der Waals surface area contributed by atoms with Gasteiger partial charge in [-0.2, -0.15) is 0 Å². The maximum absolute atomic E-state index is 9.78. The molecule has 0 aromatic heterocycles. The van der Waals surface area contributed by atoms with Crippen molar-refractivity contribution in [3.05, 3.63) is 54.6 Å². The summed E-state index contributed by atoms with van der Waals surface area (Å²) in [5.74, 6) is 0.891. The summed E-state index contributed by atoms with van der Waals surface area (Å²) in [5, 5.41) is 9.78. The molecule has 0 radical (unpaired) electrons. The average molecular weight is 298 g/mol. The molecule has 118 valence electrons. The van der Waals surface area contributed by atoms with E-state index >= 15 is 0 Å². The predicted octanol–water partition coefficient (Wildman–Crippen LogP) is 5.06. The van der Waals surface area contributed by atoms with E-state index in [-0.39, 0.29) is 6.10 Å². The molecule has 22 heavy (non-hydrogen) atoms. The van der Waals surface area contributed by atoms with E-state index < -0.39 is 0 Å². The number of ether oxygens (including phenoxy) is 1. The zero-order chi connectivity index (χ0) is 15.6. The number of rotatable bonds is 9. The van der Waals surface area contributed by atoms with Crippen molar-refractivity contribution in [1.29, 1.82) is 0 Å². The Morgan fingerprint density at radius 1 is 0.864 bits per heavy atom. The third-order valence-corrected chi connectivity index (χ3v) is 3.80. The van der Waals surface area contributed by atoms with Crippen molar-refractivity contribution in [2.24, 2.45) is 0 Å². The molecular formula is C20H26O2. The van der Waals surface area contributed by atoms with Gasteiger partial charge in [0.2, 0.25) is 0 Å². The van der Waals surface area contributed by atoms with Crippen LogP contribution in [0, 0.1) is 0 Å². The normalized spacial score (nSPS) is 12.1. The molecule has 0 heterocycles. The Kier molecular flexibility index (Phi) is 6.98. The number of hydrogen-bond acceptors (Lipinski definition) is 2. The lowest BCUT2D eigenvalue weighted by molar-refractivity contribution is 0.141. The van der Waals surface area contributed by atoms with Crippen molar-refractivity contribution in [3.63, 3.8) is 0 Å². The molecule has 1 atom stereocenters. The second-order valence-corrected chi connectivity index (χ2v) is 5.68. The predicted molar refractivity (Wildman–Crippen MR) is 92.1 cm³/mol. The van der Waals surface area contributed by atoms with Gasteiger partial charge in [0.1, 0.15) is 5.75 Å². The minimum Gasteiger partial charge on any atom is -0.494 e. The summed E-state index contributed by atoms with van der Waals surface area (Å²) in [4.78, 5) is 0. The minimum atomic E-state index is -0.177. The number of benzene rings is 2. The Bertz CT molecular complexity index is 519. The van der Waals surface area contributed by atoms with E-state index in [9.17, 15) is 5.11 Å². The van der Waals surface area contributed by atoms with Gasteiger partial charge >= 0.3 is 0 Å². The highest BCUT2D eigenvalue weighted by molar-refractivity contribution is 5.63. The highest BCUT2D eigenvalue weighted by Crippen LogP contribution is 2.22. The summed E-state index contributed by atoms with van der Waals surface area (Å²) in [7, 11) is 0. The van der Waals surface area contributed by atoms with Crippen molar-refractivity contribution < 1.29 is 9.84 Å². The van der Waals surface area contributed by atoms with Crippen LogP contribution in [0.4, 0.5) is 0 Å². The van der Waals surface area contributed by atoms with Crippen molar-refractivity contribution in [2.75, 3.05) is 6.61 Å². The standard InChI is InChI=1S/C20H26O2/c1-2-3-10-19(21)11-7-16-22-20-14-12-18(13-15-20)17-8-5-4-6-9-17/h4-6,8-9,12-15,19,21H,2-3,7,10-11,16H2,1H3. The molecule has 2 nitrogen and oxygen atoms in total. The third-order valence-electron chi connectivity index (χ3n) is 3.80. The van der Waals surface area contributed by atoms with E-state index in [0.717, 1.165) is 37.9 Å². The molecule has 0 amide bonds. The molecule has 2 heteroatoms. The first kappa shape index (κ1) is 16.6. The Hall–Kier alpha value is -1.80. The molecule has 2 aromatic rings. The monoisotopic (exact) mass is 298 g/mol. The summed E-state index contributed by atoms with van der Waals surface area (Å²) in [6.45, 7) is 2.81. The summed E-state index contributed by atoms with van der Waals surface area (Å²) in [6.07, 6.45) is 4.68. The van der Waals surface area contributed by atoms with Gasteiger partial charge in [-0.1, -0.05) is 62.2 Å². The van der Waals surface area contributed by atoms with E-state index in [2.05, 4.69) is 31.2 Å². The first-order valence-corrected chi connectivity index (χ1v) is 8.26. The van der Waals surface area contributed by atoms with Crippen LogP contribution in [-0.4, -0.2) is 17.8 Å². The Labute approximate surface area is 133 Å². The van der Waals surface area contributed by atoms with Gasteiger partial charge in [0.15, 0.2) is 0 Å². The van der Waals surface area contributed by atoms with Gasteiger partial charge in [-0.05, 0) is 42.5 Å². The second-order valence-electron chi connectivity index (χ2n) is 5.68. The summed E-state index contributed by atoms with van der Waals surface area (Å²) >= 11 is 0. The maximum Gasteiger partial charge on any atom is 0.119 e. The van der Waals surface area contributed by atoms with Crippen molar-refractivity contribution >= 4 is 0 Å². The Morgan fingerprint density at radius 2 is 1.50 bits per heavy atom. The lowest BCUT2D eigenvalue weighted by Crippen LogP contribution is -2.08. The molecule has 0 bridgehead atoms. The largest absolute Gasteiger partial charge is 0.494 e. The zero-order valence-corrected chi connectivity index (χ0v) is 13.4. The van der Waals surface area contributed by atoms with Crippen LogP contribution in [0.1, 0.15) is 39.0 Å².